The molecule has 0 N–H and O–H groups in total. The van der Waals surface area contributed by atoms with Gasteiger partial charge in [0, 0.05) is 26.4 Å². The average molecular weight is 232 g/mol. The van der Waals surface area contributed by atoms with Gasteiger partial charge in [-0.3, -0.25) is 0 Å². The zero-order valence-electron chi connectivity index (χ0n) is 10.7. The van der Waals surface area contributed by atoms with Crippen LogP contribution in [0.1, 0.15) is 19.8 Å². The topological polar surface area (TPSA) is 15.7 Å². The van der Waals surface area contributed by atoms with Crippen molar-refractivity contribution in [3.63, 3.8) is 0 Å². The van der Waals surface area contributed by atoms with Gasteiger partial charge in [0.1, 0.15) is 0 Å². The first-order chi connectivity index (χ1) is 8.14. The molecule has 1 spiro atoms. The first-order valence-corrected chi connectivity index (χ1v) is 6.28. The van der Waals surface area contributed by atoms with Crippen LogP contribution in [-0.4, -0.2) is 42.1 Å². The molecule has 0 aromatic carbocycles. The molecule has 3 aliphatic heterocycles. The van der Waals surface area contributed by atoms with Gasteiger partial charge in [0.15, 0.2) is 0 Å². The van der Waals surface area contributed by atoms with Crippen LogP contribution in [0.4, 0.5) is 0 Å². The minimum atomic E-state index is 0.128. The molecule has 0 bridgehead atoms. The highest BCUT2D eigenvalue weighted by molar-refractivity contribution is 5.39. The van der Waals surface area contributed by atoms with E-state index in [2.05, 4.69) is 42.6 Å². The van der Waals surface area contributed by atoms with Crippen LogP contribution in [-0.2, 0) is 4.74 Å². The number of nitrogens with zero attached hydrogens (tertiary/aromatic N) is 2. The van der Waals surface area contributed by atoms with E-state index in [1.807, 2.05) is 0 Å². The molecule has 92 valence electrons. The average Bonchev–Trinajstić information content (AvgIpc) is 2.76. The van der Waals surface area contributed by atoms with E-state index >= 15 is 0 Å². The molecular formula is C14H20N2O. The Morgan fingerprint density at radius 2 is 2.29 bits per heavy atom. The third-order valence-electron chi connectivity index (χ3n) is 4.34. The molecule has 0 amide bonds. The minimum absolute atomic E-state index is 0.128. The molecule has 2 fully saturated rings. The van der Waals surface area contributed by atoms with Crippen LogP contribution < -0.4 is 0 Å². The molecule has 2 saturated heterocycles. The monoisotopic (exact) mass is 232 g/mol. The lowest BCUT2D eigenvalue weighted by molar-refractivity contribution is 0.0723. The van der Waals surface area contributed by atoms with Crippen molar-refractivity contribution in [3.8, 4) is 0 Å². The summed E-state index contributed by atoms with van der Waals surface area (Å²) in [7, 11) is 2.16. The standard InChI is InChI=1S/C14H20N2O/c1-11-5-4-7-16-9-14(6-8-17-10-14)15(3)12(2)13(11)16/h4,7H,2,5-6,8-10H2,1,3H3. The van der Waals surface area contributed by atoms with Gasteiger partial charge in [0.25, 0.3) is 0 Å². The van der Waals surface area contributed by atoms with Crippen LogP contribution in [0.15, 0.2) is 35.8 Å². The summed E-state index contributed by atoms with van der Waals surface area (Å²) in [4.78, 5) is 4.70. The summed E-state index contributed by atoms with van der Waals surface area (Å²) in [6.45, 7) is 9.19. The summed E-state index contributed by atoms with van der Waals surface area (Å²) in [6, 6.07) is 0. The molecular weight excluding hydrogens is 212 g/mol. The Morgan fingerprint density at radius 3 is 3.00 bits per heavy atom. The fourth-order valence-corrected chi connectivity index (χ4v) is 3.17. The predicted octanol–water partition coefficient (Wildman–Crippen LogP) is 2.10. The quantitative estimate of drug-likeness (QED) is 0.636. The number of allylic oxidation sites excluding steroid dienone is 2. The normalized spacial score (nSPS) is 32.7. The smallest absolute Gasteiger partial charge is 0.0832 e. The molecule has 0 aromatic rings. The highest BCUT2D eigenvalue weighted by Crippen LogP contribution is 2.40. The van der Waals surface area contributed by atoms with Crippen molar-refractivity contribution in [2.75, 3.05) is 26.8 Å². The van der Waals surface area contributed by atoms with E-state index in [-0.39, 0.29) is 5.54 Å². The number of piperazine rings is 1. The van der Waals surface area contributed by atoms with Gasteiger partial charge in [0.2, 0.25) is 0 Å². The highest BCUT2D eigenvalue weighted by atomic mass is 16.5. The number of rotatable bonds is 0. The zero-order chi connectivity index (χ0) is 12.0. The second-order valence-corrected chi connectivity index (χ2v) is 5.38. The second-order valence-electron chi connectivity index (χ2n) is 5.38. The lowest BCUT2D eigenvalue weighted by Crippen LogP contribution is -2.58. The molecule has 0 aromatic heterocycles. The Labute approximate surface area is 103 Å². The van der Waals surface area contributed by atoms with Crippen LogP contribution in [0.3, 0.4) is 0 Å². The van der Waals surface area contributed by atoms with Gasteiger partial charge in [-0.15, -0.1) is 0 Å². The summed E-state index contributed by atoms with van der Waals surface area (Å²) >= 11 is 0. The van der Waals surface area contributed by atoms with E-state index in [0.29, 0.717) is 0 Å². The summed E-state index contributed by atoms with van der Waals surface area (Å²) in [5.74, 6) is 0. The van der Waals surface area contributed by atoms with Crippen molar-refractivity contribution >= 4 is 0 Å². The van der Waals surface area contributed by atoms with E-state index in [1.54, 1.807) is 0 Å². The maximum atomic E-state index is 5.61. The first-order valence-electron chi connectivity index (χ1n) is 6.28. The highest BCUT2D eigenvalue weighted by Gasteiger charge is 2.45. The van der Waals surface area contributed by atoms with Crippen LogP contribution >= 0.6 is 0 Å². The molecule has 1 atom stereocenters. The lowest BCUT2D eigenvalue weighted by atomic mass is 9.89. The Bertz CT molecular complexity index is 416. The SMILES string of the molecule is C=C1C2=C(C)CC=CN2CC2(CCOC2)N1C. The summed E-state index contributed by atoms with van der Waals surface area (Å²) < 4.78 is 5.61. The molecule has 0 saturated carbocycles. The number of hydrogen-bond donors (Lipinski definition) is 0. The largest absolute Gasteiger partial charge is 0.379 e. The Balaban J connectivity index is 2.00. The van der Waals surface area contributed by atoms with Gasteiger partial charge in [-0.25, -0.2) is 0 Å². The van der Waals surface area contributed by atoms with E-state index < -0.39 is 0 Å². The fourth-order valence-electron chi connectivity index (χ4n) is 3.17. The number of hydrogen-bond acceptors (Lipinski definition) is 3. The summed E-state index contributed by atoms with van der Waals surface area (Å²) in [5, 5.41) is 0. The van der Waals surface area contributed by atoms with Gasteiger partial charge in [-0.05, 0) is 25.3 Å². The number of likely N-dealkylation sites (N-methyl/N-ethyl adjacent to an activating group) is 1. The van der Waals surface area contributed by atoms with Gasteiger partial charge in [-0.1, -0.05) is 12.7 Å². The van der Waals surface area contributed by atoms with Crippen molar-refractivity contribution in [1.29, 1.82) is 0 Å². The summed E-state index contributed by atoms with van der Waals surface area (Å²) in [6.07, 6.45) is 6.59. The maximum Gasteiger partial charge on any atom is 0.0832 e. The van der Waals surface area contributed by atoms with Gasteiger partial charge >= 0.3 is 0 Å². The molecule has 3 heterocycles. The Kier molecular flexibility index (Phi) is 2.33. The van der Waals surface area contributed by atoms with Gasteiger partial charge in [-0.2, -0.15) is 0 Å². The molecule has 0 radical (unpaired) electrons. The zero-order valence-corrected chi connectivity index (χ0v) is 10.7. The lowest BCUT2D eigenvalue weighted by Gasteiger charge is -2.51. The van der Waals surface area contributed by atoms with Crippen molar-refractivity contribution in [2.45, 2.75) is 25.3 Å². The number of fused-ring (bicyclic) bond motifs is 1. The van der Waals surface area contributed by atoms with Gasteiger partial charge in [0.05, 0.1) is 23.5 Å². The van der Waals surface area contributed by atoms with E-state index in [1.165, 1.54) is 11.3 Å². The Morgan fingerprint density at radius 1 is 1.47 bits per heavy atom. The minimum Gasteiger partial charge on any atom is -0.379 e. The molecule has 0 aliphatic carbocycles. The molecule has 3 nitrogen and oxygen atoms in total. The van der Waals surface area contributed by atoms with Crippen LogP contribution in [0.2, 0.25) is 0 Å². The van der Waals surface area contributed by atoms with Crippen LogP contribution in [0.5, 0.6) is 0 Å². The van der Waals surface area contributed by atoms with Crippen LogP contribution in [0.25, 0.3) is 0 Å². The second kappa shape index (κ2) is 3.64. The number of ether oxygens (including phenoxy) is 1. The molecule has 1 unspecified atom stereocenters. The molecule has 3 aliphatic rings. The van der Waals surface area contributed by atoms with Crippen molar-refractivity contribution < 1.29 is 4.74 Å². The third-order valence-corrected chi connectivity index (χ3v) is 4.34. The maximum absolute atomic E-state index is 5.61. The molecule has 3 rings (SSSR count). The van der Waals surface area contributed by atoms with E-state index in [4.69, 9.17) is 4.74 Å². The third kappa shape index (κ3) is 1.45. The first kappa shape index (κ1) is 10.9. The Hall–Kier alpha value is -1.22. The predicted molar refractivity (Wildman–Crippen MR) is 68.2 cm³/mol. The molecule has 17 heavy (non-hydrogen) atoms. The fraction of sp³-hybridized carbons (Fsp3) is 0.571. The van der Waals surface area contributed by atoms with Crippen molar-refractivity contribution in [2.24, 2.45) is 0 Å². The van der Waals surface area contributed by atoms with Gasteiger partial charge < -0.3 is 14.5 Å². The van der Waals surface area contributed by atoms with Crippen molar-refractivity contribution in [3.05, 3.63) is 35.8 Å². The van der Waals surface area contributed by atoms with E-state index in [0.717, 1.165) is 38.3 Å². The van der Waals surface area contributed by atoms with Crippen LogP contribution in [0, 0.1) is 0 Å². The molecule has 3 heteroatoms. The van der Waals surface area contributed by atoms with Crippen molar-refractivity contribution in [1.82, 2.24) is 9.80 Å². The summed E-state index contributed by atoms with van der Waals surface area (Å²) in [5.41, 5.74) is 4.00. The van der Waals surface area contributed by atoms with E-state index in [9.17, 15) is 0 Å².